The van der Waals surface area contributed by atoms with Crippen molar-refractivity contribution in [2.75, 3.05) is 0 Å². The molecule has 2 aromatic rings. The predicted octanol–water partition coefficient (Wildman–Crippen LogP) is 1.89. The molecule has 78 valence electrons. The third kappa shape index (κ3) is 1.80. The Morgan fingerprint density at radius 3 is 2.60 bits per heavy atom. The van der Waals surface area contributed by atoms with Crippen LogP contribution >= 0.6 is 0 Å². The van der Waals surface area contributed by atoms with E-state index in [1.54, 1.807) is 0 Å². The van der Waals surface area contributed by atoms with Crippen LogP contribution in [0.15, 0.2) is 24.7 Å². The second-order valence-corrected chi connectivity index (χ2v) is 2.73. The van der Waals surface area contributed by atoms with E-state index >= 15 is 0 Å². The summed E-state index contributed by atoms with van der Waals surface area (Å²) < 4.78 is 37.6. The maximum absolute atomic E-state index is 12.5. The molecule has 0 fully saturated rings. The van der Waals surface area contributed by atoms with Crippen molar-refractivity contribution in [1.29, 1.82) is 0 Å². The summed E-state index contributed by atoms with van der Waals surface area (Å²) in [4.78, 5) is 7.27. The summed E-state index contributed by atoms with van der Waals surface area (Å²) in [5.41, 5.74) is -1.08. The maximum atomic E-state index is 12.5. The van der Waals surface area contributed by atoms with Gasteiger partial charge in [-0.3, -0.25) is 10.1 Å². The first-order valence-corrected chi connectivity index (χ1v) is 3.97. The SMILES string of the molecule is FC(F)(F)c1cccnc1-c1ncn[nH]1. The average molecular weight is 214 g/mol. The monoisotopic (exact) mass is 214 g/mol. The molecule has 4 nitrogen and oxygen atoms in total. The second kappa shape index (κ2) is 3.34. The van der Waals surface area contributed by atoms with E-state index in [2.05, 4.69) is 20.2 Å². The number of H-pyrrole nitrogens is 1. The van der Waals surface area contributed by atoms with Crippen LogP contribution < -0.4 is 0 Å². The summed E-state index contributed by atoms with van der Waals surface area (Å²) in [6, 6.07) is 2.17. The van der Waals surface area contributed by atoms with Gasteiger partial charge in [0.1, 0.15) is 12.0 Å². The molecule has 0 spiro atoms. The number of alkyl halides is 3. The van der Waals surface area contributed by atoms with Crippen molar-refractivity contribution in [1.82, 2.24) is 20.2 Å². The minimum Gasteiger partial charge on any atom is -0.258 e. The van der Waals surface area contributed by atoms with Crippen molar-refractivity contribution < 1.29 is 13.2 Å². The quantitative estimate of drug-likeness (QED) is 0.788. The van der Waals surface area contributed by atoms with Crippen LogP contribution in [0, 0.1) is 0 Å². The highest BCUT2D eigenvalue weighted by Crippen LogP contribution is 2.34. The molecule has 0 radical (unpaired) electrons. The average Bonchev–Trinajstić information content (AvgIpc) is 2.69. The second-order valence-electron chi connectivity index (χ2n) is 2.73. The highest BCUT2D eigenvalue weighted by atomic mass is 19.4. The summed E-state index contributed by atoms with van der Waals surface area (Å²) in [5, 5.41) is 5.82. The smallest absolute Gasteiger partial charge is 0.258 e. The van der Waals surface area contributed by atoms with Gasteiger partial charge >= 0.3 is 6.18 Å². The largest absolute Gasteiger partial charge is 0.418 e. The van der Waals surface area contributed by atoms with Crippen LogP contribution in [-0.4, -0.2) is 20.2 Å². The zero-order valence-corrected chi connectivity index (χ0v) is 7.28. The molecule has 0 amide bonds. The van der Waals surface area contributed by atoms with E-state index in [1.165, 1.54) is 12.3 Å². The number of aromatic nitrogens is 4. The lowest BCUT2D eigenvalue weighted by atomic mass is 10.2. The summed E-state index contributed by atoms with van der Waals surface area (Å²) >= 11 is 0. The van der Waals surface area contributed by atoms with E-state index in [9.17, 15) is 13.2 Å². The van der Waals surface area contributed by atoms with E-state index in [1.807, 2.05) is 0 Å². The summed E-state index contributed by atoms with van der Waals surface area (Å²) in [6.45, 7) is 0. The normalized spacial score (nSPS) is 11.7. The third-order valence-electron chi connectivity index (χ3n) is 1.75. The van der Waals surface area contributed by atoms with Gasteiger partial charge < -0.3 is 0 Å². The fourth-order valence-electron chi connectivity index (χ4n) is 1.14. The highest BCUT2D eigenvalue weighted by molar-refractivity contribution is 5.54. The third-order valence-corrected chi connectivity index (χ3v) is 1.75. The van der Waals surface area contributed by atoms with Crippen LogP contribution in [-0.2, 0) is 6.18 Å². The Balaban J connectivity index is 2.58. The topological polar surface area (TPSA) is 54.5 Å². The van der Waals surface area contributed by atoms with Gasteiger partial charge in [0.15, 0.2) is 5.82 Å². The van der Waals surface area contributed by atoms with Gasteiger partial charge in [0, 0.05) is 6.20 Å². The van der Waals surface area contributed by atoms with E-state index in [4.69, 9.17) is 0 Å². The van der Waals surface area contributed by atoms with Gasteiger partial charge in [-0.2, -0.15) is 18.3 Å². The van der Waals surface area contributed by atoms with Gasteiger partial charge in [-0.25, -0.2) is 4.98 Å². The summed E-state index contributed by atoms with van der Waals surface area (Å²) in [7, 11) is 0. The number of aromatic amines is 1. The van der Waals surface area contributed by atoms with E-state index in [0.29, 0.717) is 0 Å². The Labute approximate surface area is 82.2 Å². The first-order valence-electron chi connectivity index (χ1n) is 3.97. The number of nitrogens with one attached hydrogen (secondary N) is 1. The zero-order valence-electron chi connectivity index (χ0n) is 7.28. The summed E-state index contributed by atoms with van der Waals surface area (Å²) in [6.07, 6.45) is -2.05. The van der Waals surface area contributed by atoms with Crippen molar-refractivity contribution in [2.45, 2.75) is 6.18 Å². The van der Waals surface area contributed by atoms with Gasteiger partial charge in [-0.05, 0) is 12.1 Å². The van der Waals surface area contributed by atoms with Gasteiger partial charge in [0.05, 0.1) is 5.56 Å². The zero-order chi connectivity index (χ0) is 10.9. The molecule has 2 rings (SSSR count). The molecule has 0 aliphatic heterocycles. The Bertz CT molecular complexity index is 449. The van der Waals surface area contributed by atoms with E-state index in [0.717, 1.165) is 12.4 Å². The molecule has 15 heavy (non-hydrogen) atoms. The number of pyridine rings is 1. The van der Waals surface area contributed by atoms with Gasteiger partial charge in [0.25, 0.3) is 0 Å². The molecule has 0 aromatic carbocycles. The molecular weight excluding hydrogens is 209 g/mol. The van der Waals surface area contributed by atoms with Crippen LogP contribution in [0.4, 0.5) is 13.2 Å². The molecule has 0 saturated carbocycles. The van der Waals surface area contributed by atoms with Crippen molar-refractivity contribution in [3.63, 3.8) is 0 Å². The van der Waals surface area contributed by atoms with E-state index < -0.39 is 11.7 Å². The Kier molecular flexibility index (Phi) is 2.14. The van der Waals surface area contributed by atoms with Crippen molar-refractivity contribution in [3.8, 4) is 11.5 Å². The summed E-state index contributed by atoms with van der Waals surface area (Å²) in [5.74, 6) is 0.00271. The molecule has 0 aliphatic rings. The molecular formula is C8H5F3N4. The van der Waals surface area contributed by atoms with Gasteiger partial charge in [-0.1, -0.05) is 0 Å². The lowest BCUT2D eigenvalue weighted by Crippen LogP contribution is -2.08. The van der Waals surface area contributed by atoms with E-state index in [-0.39, 0.29) is 11.5 Å². The van der Waals surface area contributed by atoms with Crippen molar-refractivity contribution in [3.05, 3.63) is 30.2 Å². The predicted molar refractivity (Wildman–Crippen MR) is 44.6 cm³/mol. The number of rotatable bonds is 1. The Hall–Kier alpha value is -1.92. The Morgan fingerprint density at radius 2 is 2.00 bits per heavy atom. The molecule has 1 N–H and O–H groups in total. The molecule has 0 saturated heterocycles. The fourth-order valence-corrected chi connectivity index (χ4v) is 1.14. The molecule has 0 atom stereocenters. The molecule has 0 bridgehead atoms. The van der Waals surface area contributed by atoms with Crippen LogP contribution in [0.25, 0.3) is 11.5 Å². The highest BCUT2D eigenvalue weighted by Gasteiger charge is 2.34. The Morgan fingerprint density at radius 1 is 1.20 bits per heavy atom. The standard InChI is InChI=1S/C8H5F3N4/c9-8(10,11)5-2-1-3-12-6(5)7-13-4-14-15-7/h1-4H,(H,13,14,15). The van der Waals surface area contributed by atoms with Crippen LogP contribution in [0.5, 0.6) is 0 Å². The fraction of sp³-hybridized carbons (Fsp3) is 0.125. The lowest BCUT2D eigenvalue weighted by Gasteiger charge is -2.08. The maximum Gasteiger partial charge on any atom is 0.418 e. The van der Waals surface area contributed by atoms with Crippen molar-refractivity contribution in [2.24, 2.45) is 0 Å². The van der Waals surface area contributed by atoms with Crippen LogP contribution in [0.1, 0.15) is 5.56 Å². The molecule has 7 heteroatoms. The van der Waals surface area contributed by atoms with Gasteiger partial charge in [-0.15, -0.1) is 0 Å². The molecule has 0 aliphatic carbocycles. The molecule has 2 aromatic heterocycles. The van der Waals surface area contributed by atoms with Crippen LogP contribution in [0.3, 0.4) is 0 Å². The first-order chi connectivity index (χ1) is 7.09. The van der Waals surface area contributed by atoms with Gasteiger partial charge in [0.2, 0.25) is 0 Å². The van der Waals surface area contributed by atoms with Crippen molar-refractivity contribution >= 4 is 0 Å². The number of hydrogen-bond acceptors (Lipinski definition) is 3. The minimum atomic E-state index is -4.45. The number of hydrogen-bond donors (Lipinski definition) is 1. The van der Waals surface area contributed by atoms with Crippen LogP contribution in [0.2, 0.25) is 0 Å². The number of nitrogens with zero attached hydrogens (tertiary/aromatic N) is 3. The molecule has 2 heterocycles. The minimum absolute atomic E-state index is 0.00271. The lowest BCUT2D eigenvalue weighted by molar-refractivity contribution is -0.137. The first kappa shape index (κ1) is 9.63. The number of halogens is 3. The molecule has 0 unspecified atom stereocenters.